The molecule has 3 atom stereocenters. The number of benzene rings is 1. The van der Waals surface area contributed by atoms with Gasteiger partial charge in [-0.15, -0.1) is 11.3 Å². The monoisotopic (exact) mass is 276 g/mol. The van der Waals surface area contributed by atoms with E-state index in [-0.39, 0.29) is 6.04 Å². The highest BCUT2D eigenvalue weighted by molar-refractivity contribution is 7.17. The summed E-state index contributed by atoms with van der Waals surface area (Å²) in [4.78, 5) is 0. The number of nitrogens with two attached hydrogens (primary N) is 1. The quantitative estimate of drug-likeness (QED) is 0.666. The zero-order valence-corrected chi connectivity index (χ0v) is 12.0. The lowest BCUT2D eigenvalue weighted by Gasteiger charge is -2.27. The van der Waals surface area contributed by atoms with Gasteiger partial charge in [0.05, 0.1) is 12.1 Å². The smallest absolute Gasteiger partial charge is 0.0620 e. The van der Waals surface area contributed by atoms with Crippen molar-refractivity contribution in [2.45, 2.75) is 31.9 Å². The van der Waals surface area contributed by atoms with Crippen LogP contribution in [-0.4, -0.2) is 12.7 Å². The lowest BCUT2D eigenvalue weighted by molar-refractivity contribution is 0.0775. The molecule has 0 saturated carbocycles. The standard InChI is InChI=1S/C15H20N2OS/c1-2-13-11(6-8-18-13)14(17-16)12-5-3-4-10-7-9-19-15(10)12/h3-5,7,9,11,13-14,17H,2,6,8,16H2,1H3. The Kier molecular flexibility index (Phi) is 3.84. The van der Waals surface area contributed by atoms with Crippen molar-refractivity contribution in [3.8, 4) is 0 Å². The molecule has 1 aromatic heterocycles. The molecule has 0 amide bonds. The number of nitrogens with one attached hydrogen (secondary N) is 1. The summed E-state index contributed by atoms with van der Waals surface area (Å²) in [5, 5.41) is 3.44. The Morgan fingerprint density at radius 3 is 3.16 bits per heavy atom. The maximum Gasteiger partial charge on any atom is 0.0620 e. The summed E-state index contributed by atoms with van der Waals surface area (Å²) in [6, 6.07) is 8.81. The van der Waals surface area contributed by atoms with E-state index in [9.17, 15) is 0 Å². The van der Waals surface area contributed by atoms with Crippen LogP contribution in [0.25, 0.3) is 10.1 Å². The van der Waals surface area contributed by atoms with Crippen LogP contribution in [0.2, 0.25) is 0 Å². The van der Waals surface area contributed by atoms with Gasteiger partial charge in [0.25, 0.3) is 0 Å². The minimum atomic E-state index is 0.176. The Balaban J connectivity index is 2.00. The van der Waals surface area contributed by atoms with Gasteiger partial charge in [-0.3, -0.25) is 11.3 Å². The molecule has 2 aromatic rings. The molecule has 1 saturated heterocycles. The molecule has 0 bridgehead atoms. The first-order chi connectivity index (χ1) is 9.35. The highest BCUT2D eigenvalue weighted by Crippen LogP contribution is 2.38. The van der Waals surface area contributed by atoms with Crippen molar-refractivity contribution in [3.05, 3.63) is 35.2 Å². The number of thiophene rings is 1. The van der Waals surface area contributed by atoms with E-state index in [1.807, 2.05) is 0 Å². The second-order valence-electron chi connectivity index (χ2n) is 5.10. The normalized spacial score (nSPS) is 24.9. The molecular formula is C15H20N2OS. The molecule has 1 aromatic carbocycles. The van der Waals surface area contributed by atoms with Crippen LogP contribution in [0.15, 0.2) is 29.6 Å². The van der Waals surface area contributed by atoms with E-state index in [0.717, 1.165) is 19.4 Å². The summed E-state index contributed by atoms with van der Waals surface area (Å²) in [7, 11) is 0. The van der Waals surface area contributed by atoms with Gasteiger partial charge in [-0.25, -0.2) is 0 Å². The van der Waals surface area contributed by atoms with Crippen molar-refractivity contribution in [2.75, 3.05) is 6.61 Å². The van der Waals surface area contributed by atoms with Gasteiger partial charge in [0.15, 0.2) is 0 Å². The lowest BCUT2D eigenvalue weighted by atomic mass is 9.87. The van der Waals surface area contributed by atoms with Crippen molar-refractivity contribution in [1.82, 2.24) is 5.43 Å². The number of fused-ring (bicyclic) bond motifs is 1. The zero-order chi connectivity index (χ0) is 13.2. The number of rotatable bonds is 4. The molecule has 0 radical (unpaired) electrons. The summed E-state index contributed by atoms with van der Waals surface area (Å²) in [6.07, 6.45) is 2.44. The maximum absolute atomic E-state index is 5.86. The van der Waals surface area contributed by atoms with Crippen LogP contribution in [-0.2, 0) is 4.74 Å². The second kappa shape index (κ2) is 5.59. The molecule has 0 spiro atoms. The van der Waals surface area contributed by atoms with Gasteiger partial charge < -0.3 is 4.74 Å². The molecule has 0 aliphatic carbocycles. The van der Waals surface area contributed by atoms with E-state index in [1.54, 1.807) is 11.3 Å². The fraction of sp³-hybridized carbons (Fsp3) is 0.467. The maximum atomic E-state index is 5.86. The molecule has 4 heteroatoms. The van der Waals surface area contributed by atoms with Crippen LogP contribution in [0.1, 0.15) is 31.4 Å². The average molecular weight is 276 g/mol. The zero-order valence-electron chi connectivity index (χ0n) is 11.1. The van der Waals surface area contributed by atoms with Crippen molar-refractivity contribution in [1.29, 1.82) is 0 Å². The summed E-state index contributed by atoms with van der Waals surface area (Å²) in [5.41, 5.74) is 4.34. The van der Waals surface area contributed by atoms with Crippen LogP contribution in [0.4, 0.5) is 0 Å². The summed E-state index contributed by atoms with van der Waals surface area (Å²) in [6.45, 7) is 3.03. The third-order valence-electron chi connectivity index (χ3n) is 4.12. The highest BCUT2D eigenvalue weighted by Gasteiger charge is 2.34. The Morgan fingerprint density at radius 2 is 2.37 bits per heavy atom. The van der Waals surface area contributed by atoms with Crippen LogP contribution in [0, 0.1) is 5.92 Å². The second-order valence-corrected chi connectivity index (χ2v) is 6.02. The summed E-state index contributed by atoms with van der Waals surface area (Å²) >= 11 is 1.79. The average Bonchev–Trinajstić information content (AvgIpc) is 3.08. The molecule has 3 nitrogen and oxygen atoms in total. The van der Waals surface area contributed by atoms with Crippen molar-refractivity contribution in [3.63, 3.8) is 0 Å². The van der Waals surface area contributed by atoms with Crippen LogP contribution < -0.4 is 11.3 Å². The predicted octanol–water partition coefficient (Wildman–Crippen LogP) is 3.22. The van der Waals surface area contributed by atoms with Gasteiger partial charge in [0.1, 0.15) is 0 Å². The van der Waals surface area contributed by atoms with Gasteiger partial charge in [0, 0.05) is 17.2 Å². The fourth-order valence-electron chi connectivity index (χ4n) is 3.17. The number of hydrogen-bond acceptors (Lipinski definition) is 4. The molecule has 102 valence electrons. The van der Waals surface area contributed by atoms with Gasteiger partial charge in [-0.1, -0.05) is 25.1 Å². The third-order valence-corrected chi connectivity index (χ3v) is 5.09. The highest BCUT2D eigenvalue weighted by atomic mass is 32.1. The molecule has 19 heavy (non-hydrogen) atoms. The minimum absolute atomic E-state index is 0.176. The Morgan fingerprint density at radius 1 is 1.47 bits per heavy atom. The Hall–Kier alpha value is -0.940. The fourth-order valence-corrected chi connectivity index (χ4v) is 4.13. The van der Waals surface area contributed by atoms with Crippen LogP contribution in [0.3, 0.4) is 0 Å². The van der Waals surface area contributed by atoms with Crippen LogP contribution in [0.5, 0.6) is 0 Å². The molecule has 2 heterocycles. The first-order valence-electron chi connectivity index (χ1n) is 6.89. The van der Waals surface area contributed by atoms with E-state index in [2.05, 4.69) is 42.0 Å². The van der Waals surface area contributed by atoms with Crippen molar-refractivity contribution < 1.29 is 4.74 Å². The Bertz CT molecular complexity index is 554. The minimum Gasteiger partial charge on any atom is -0.378 e. The number of hydrogen-bond donors (Lipinski definition) is 2. The molecule has 1 fully saturated rings. The number of ether oxygens (including phenoxy) is 1. The molecule has 1 aliphatic heterocycles. The SMILES string of the molecule is CCC1OCCC1C(NN)c1cccc2ccsc12. The summed E-state index contributed by atoms with van der Waals surface area (Å²) in [5.74, 6) is 6.32. The molecule has 3 rings (SSSR count). The van der Waals surface area contributed by atoms with Crippen LogP contribution >= 0.6 is 11.3 Å². The van der Waals surface area contributed by atoms with E-state index < -0.39 is 0 Å². The Labute approximate surface area is 117 Å². The molecule has 3 N–H and O–H groups in total. The molecule has 3 unspecified atom stereocenters. The topological polar surface area (TPSA) is 47.3 Å². The third kappa shape index (κ3) is 2.30. The van der Waals surface area contributed by atoms with E-state index in [4.69, 9.17) is 10.6 Å². The number of hydrazine groups is 1. The first kappa shape index (κ1) is 13.1. The largest absolute Gasteiger partial charge is 0.378 e. The van der Waals surface area contributed by atoms with Gasteiger partial charge in [-0.2, -0.15) is 0 Å². The van der Waals surface area contributed by atoms with E-state index in [1.165, 1.54) is 15.6 Å². The van der Waals surface area contributed by atoms with Crippen molar-refractivity contribution >= 4 is 21.4 Å². The van der Waals surface area contributed by atoms with Gasteiger partial charge in [0.2, 0.25) is 0 Å². The van der Waals surface area contributed by atoms with E-state index >= 15 is 0 Å². The van der Waals surface area contributed by atoms with Crippen molar-refractivity contribution in [2.24, 2.45) is 11.8 Å². The molecule has 1 aliphatic rings. The van der Waals surface area contributed by atoms with Gasteiger partial charge >= 0.3 is 0 Å². The van der Waals surface area contributed by atoms with Gasteiger partial charge in [-0.05, 0) is 35.2 Å². The predicted molar refractivity (Wildman–Crippen MR) is 80.0 cm³/mol. The molecular weight excluding hydrogens is 256 g/mol. The lowest BCUT2D eigenvalue weighted by Crippen LogP contribution is -2.36. The van der Waals surface area contributed by atoms with E-state index in [0.29, 0.717) is 12.0 Å². The first-order valence-corrected chi connectivity index (χ1v) is 7.77. The summed E-state index contributed by atoms with van der Waals surface area (Å²) < 4.78 is 7.16.